The van der Waals surface area contributed by atoms with E-state index >= 15 is 0 Å². The minimum atomic E-state index is 0.0905. The summed E-state index contributed by atoms with van der Waals surface area (Å²) >= 11 is 0. The fourth-order valence-corrected chi connectivity index (χ4v) is 3.79. The van der Waals surface area contributed by atoms with Gasteiger partial charge in [0.25, 0.3) is 0 Å². The summed E-state index contributed by atoms with van der Waals surface area (Å²) in [5.74, 6) is 0.400. The molecule has 0 aliphatic carbocycles. The number of hydrogen-bond donors (Lipinski definition) is 1. The van der Waals surface area contributed by atoms with Gasteiger partial charge in [0.2, 0.25) is 5.91 Å². The van der Waals surface area contributed by atoms with Gasteiger partial charge in [-0.3, -0.25) is 9.78 Å². The van der Waals surface area contributed by atoms with Crippen LogP contribution in [0.5, 0.6) is 0 Å². The zero-order chi connectivity index (χ0) is 17.1. The molecule has 0 saturated carbocycles. The predicted molar refractivity (Wildman–Crippen MR) is 98.1 cm³/mol. The Labute approximate surface area is 143 Å². The number of hydrogen-bond acceptors (Lipinski definition) is 3. The van der Waals surface area contributed by atoms with Crippen LogP contribution in [0.3, 0.4) is 0 Å². The first kappa shape index (κ1) is 16.5. The third kappa shape index (κ3) is 3.01. The molecule has 1 amide bonds. The van der Waals surface area contributed by atoms with Gasteiger partial charge in [-0.25, -0.2) is 0 Å². The number of nitrogens with zero attached hydrogens (tertiary/aromatic N) is 2. The van der Waals surface area contributed by atoms with Gasteiger partial charge in [0.1, 0.15) is 0 Å². The molecule has 2 unspecified atom stereocenters. The number of fused-ring (bicyclic) bond motifs is 1. The van der Waals surface area contributed by atoms with Crippen molar-refractivity contribution in [2.75, 3.05) is 10.2 Å². The minimum absolute atomic E-state index is 0.0905. The fraction of sp³-hybridized carbons (Fsp3) is 0.400. The summed E-state index contributed by atoms with van der Waals surface area (Å²) in [7, 11) is 0. The number of carbonyl (C=O) groups is 1. The number of anilines is 2. The number of rotatable bonds is 4. The second kappa shape index (κ2) is 7.04. The predicted octanol–water partition coefficient (Wildman–Crippen LogP) is 4.41. The molecule has 0 radical (unpaired) electrons. The second-order valence-electron chi connectivity index (χ2n) is 6.53. The summed E-state index contributed by atoms with van der Waals surface area (Å²) in [5, 5.41) is 3.67. The highest BCUT2D eigenvalue weighted by Gasteiger charge is 2.39. The summed E-state index contributed by atoms with van der Waals surface area (Å²) < 4.78 is 0. The lowest BCUT2D eigenvalue weighted by atomic mass is 9.80. The molecule has 1 N–H and O–H groups in total. The molecule has 1 aliphatic heterocycles. The van der Waals surface area contributed by atoms with Crippen LogP contribution in [-0.2, 0) is 4.79 Å². The van der Waals surface area contributed by atoms with Crippen molar-refractivity contribution in [1.82, 2.24) is 4.98 Å². The molecule has 0 fully saturated rings. The first-order valence-corrected chi connectivity index (χ1v) is 8.68. The largest absolute Gasteiger partial charge is 0.378 e. The molecule has 2 heterocycles. The molecule has 4 heteroatoms. The maximum Gasteiger partial charge on any atom is 0.224 e. The number of para-hydroxylation sites is 1. The summed E-state index contributed by atoms with van der Waals surface area (Å²) in [6.45, 7) is 6.06. The molecular formula is C20H25N3O. The molecule has 0 saturated heterocycles. The zero-order valence-corrected chi connectivity index (χ0v) is 14.6. The summed E-state index contributed by atoms with van der Waals surface area (Å²) in [6, 6.07) is 12.6. The van der Waals surface area contributed by atoms with Crippen molar-refractivity contribution in [3.63, 3.8) is 0 Å². The number of carbonyl (C=O) groups excluding carboxylic acids is 1. The van der Waals surface area contributed by atoms with Gasteiger partial charge in [0.15, 0.2) is 0 Å². The highest BCUT2D eigenvalue weighted by atomic mass is 16.2. The lowest BCUT2D eigenvalue weighted by molar-refractivity contribution is -0.117. The van der Waals surface area contributed by atoms with Crippen molar-refractivity contribution in [3.05, 3.63) is 54.4 Å². The van der Waals surface area contributed by atoms with E-state index in [1.54, 1.807) is 6.92 Å². The van der Waals surface area contributed by atoms with E-state index in [0.717, 1.165) is 29.8 Å². The summed E-state index contributed by atoms with van der Waals surface area (Å²) in [4.78, 5) is 18.5. The smallest absolute Gasteiger partial charge is 0.224 e. The molecule has 0 spiro atoms. The van der Waals surface area contributed by atoms with E-state index in [1.165, 1.54) is 0 Å². The molecule has 1 aromatic heterocycles. The lowest BCUT2D eigenvalue weighted by Gasteiger charge is -2.45. The number of aromatic nitrogens is 1. The van der Waals surface area contributed by atoms with Crippen molar-refractivity contribution in [2.45, 2.75) is 45.7 Å². The Morgan fingerprint density at radius 3 is 2.67 bits per heavy atom. The Kier molecular flexibility index (Phi) is 4.84. The average molecular weight is 323 g/mol. The molecule has 1 aromatic carbocycles. The van der Waals surface area contributed by atoms with Crippen molar-refractivity contribution >= 4 is 17.3 Å². The molecule has 3 atom stereocenters. The van der Waals surface area contributed by atoms with Crippen molar-refractivity contribution in [2.24, 2.45) is 5.92 Å². The van der Waals surface area contributed by atoms with Crippen LogP contribution in [0.1, 0.15) is 45.2 Å². The number of nitrogens with one attached hydrogen (secondary N) is 1. The number of amides is 1. The van der Waals surface area contributed by atoms with E-state index in [2.05, 4.69) is 36.3 Å². The van der Waals surface area contributed by atoms with Gasteiger partial charge in [-0.05, 0) is 24.6 Å². The molecular weight excluding hydrogens is 298 g/mol. The van der Waals surface area contributed by atoms with Gasteiger partial charge in [-0.1, -0.05) is 38.5 Å². The summed E-state index contributed by atoms with van der Waals surface area (Å²) in [6.07, 6.45) is 5.67. The van der Waals surface area contributed by atoms with Gasteiger partial charge in [0, 0.05) is 36.3 Å². The van der Waals surface area contributed by atoms with Crippen molar-refractivity contribution in [1.29, 1.82) is 0 Å². The molecule has 0 bridgehead atoms. The Morgan fingerprint density at radius 1 is 1.25 bits per heavy atom. The number of pyridine rings is 1. The van der Waals surface area contributed by atoms with Crippen LogP contribution in [0.15, 0.2) is 48.8 Å². The van der Waals surface area contributed by atoms with E-state index in [-0.39, 0.29) is 18.0 Å². The Balaban J connectivity index is 2.04. The Bertz CT molecular complexity index is 701. The molecule has 126 valence electrons. The first-order chi connectivity index (χ1) is 11.6. The quantitative estimate of drug-likeness (QED) is 0.906. The van der Waals surface area contributed by atoms with Crippen LogP contribution < -0.4 is 10.2 Å². The van der Waals surface area contributed by atoms with E-state index < -0.39 is 0 Å². The highest BCUT2D eigenvalue weighted by Crippen LogP contribution is 2.43. The fourth-order valence-electron chi connectivity index (χ4n) is 3.79. The molecule has 2 aromatic rings. The third-order valence-corrected chi connectivity index (χ3v) is 4.91. The molecule has 1 aliphatic rings. The van der Waals surface area contributed by atoms with Crippen LogP contribution in [-0.4, -0.2) is 16.9 Å². The maximum atomic E-state index is 12.3. The van der Waals surface area contributed by atoms with E-state index in [4.69, 9.17) is 0 Å². The minimum Gasteiger partial charge on any atom is -0.378 e. The lowest BCUT2D eigenvalue weighted by Crippen LogP contribution is -2.50. The number of benzene rings is 1. The first-order valence-electron chi connectivity index (χ1n) is 8.68. The maximum absolute atomic E-state index is 12.3. The highest BCUT2D eigenvalue weighted by molar-refractivity contribution is 5.93. The zero-order valence-electron chi connectivity index (χ0n) is 14.6. The molecule has 3 rings (SSSR count). The van der Waals surface area contributed by atoms with Crippen molar-refractivity contribution in [3.8, 4) is 0 Å². The van der Waals surface area contributed by atoms with Crippen molar-refractivity contribution < 1.29 is 4.79 Å². The monoisotopic (exact) mass is 323 g/mol. The van der Waals surface area contributed by atoms with Crippen LogP contribution in [0.4, 0.5) is 11.4 Å². The Hall–Kier alpha value is -2.36. The van der Waals surface area contributed by atoms with Gasteiger partial charge >= 0.3 is 0 Å². The second-order valence-corrected chi connectivity index (χ2v) is 6.53. The topological polar surface area (TPSA) is 45.2 Å². The SMILES string of the molecule is CCCC1[C@H](C)C(Nc2ccccc2)c2ccncc2N1C(C)=O. The van der Waals surface area contributed by atoms with Crippen LogP contribution >= 0.6 is 0 Å². The van der Waals surface area contributed by atoms with Gasteiger partial charge < -0.3 is 10.2 Å². The standard InChI is InChI=1S/C20H25N3O/c1-4-8-18-14(2)20(22-16-9-6-5-7-10-16)17-11-12-21-13-19(17)23(18)15(3)24/h5-7,9-14,18,20,22H,4,8H2,1-3H3/t14-,18?,20?/m0/s1. The van der Waals surface area contributed by atoms with Crippen LogP contribution in [0.25, 0.3) is 0 Å². The molecule has 4 nitrogen and oxygen atoms in total. The summed E-state index contributed by atoms with van der Waals surface area (Å²) in [5.41, 5.74) is 3.18. The normalized spacial score (nSPS) is 22.8. The van der Waals surface area contributed by atoms with Gasteiger partial charge in [-0.2, -0.15) is 0 Å². The average Bonchev–Trinajstić information content (AvgIpc) is 2.59. The van der Waals surface area contributed by atoms with Gasteiger partial charge in [-0.15, -0.1) is 0 Å². The van der Waals surface area contributed by atoms with Crippen LogP contribution in [0, 0.1) is 5.92 Å². The molecule has 24 heavy (non-hydrogen) atoms. The van der Waals surface area contributed by atoms with E-state index in [0.29, 0.717) is 5.92 Å². The van der Waals surface area contributed by atoms with Gasteiger partial charge in [0.05, 0.1) is 17.9 Å². The van der Waals surface area contributed by atoms with E-state index in [9.17, 15) is 4.79 Å². The van der Waals surface area contributed by atoms with Crippen LogP contribution in [0.2, 0.25) is 0 Å². The van der Waals surface area contributed by atoms with E-state index in [1.807, 2.05) is 41.6 Å². The third-order valence-electron chi connectivity index (χ3n) is 4.91. The Morgan fingerprint density at radius 2 is 2.00 bits per heavy atom.